The molecule has 0 atom stereocenters. The van der Waals surface area contributed by atoms with Crippen molar-refractivity contribution in [3.05, 3.63) is 10.6 Å². The monoisotopic (exact) mass is 203 g/mol. The van der Waals surface area contributed by atoms with Crippen LogP contribution in [0.1, 0.15) is 26.7 Å². The third-order valence-electron chi connectivity index (χ3n) is 2.65. The lowest BCUT2D eigenvalue weighted by molar-refractivity contribution is 0.206. The van der Waals surface area contributed by atoms with Crippen LogP contribution >= 0.6 is 11.6 Å². The van der Waals surface area contributed by atoms with Crippen LogP contribution in [-0.4, -0.2) is 35.7 Å². The van der Waals surface area contributed by atoms with E-state index in [1.807, 2.05) is 0 Å². The molecule has 1 rings (SSSR count). The van der Waals surface area contributed by atoms with Crippen molar-refractivity contribution >= 4 is 11.6 Å². The molecule has 2 nitrogen and oxygen atoms in total. The van der Waals surface area contributed by atoms with Crippen LogP contribution in [0.15, 0.2) is 10.6 Å². The van der Waals surface area contributed by atoms with Crippen LogP contribution in [0.3, 0.4) is 0 Å². The minimum atomic E-state index is -0.00142. The van der Waals surface area contributed by atoms with Crippen molar-refractivity contribution in [1.82, 2.24) is 4.90 Å². The highest BCUT2D eigenvalue weighted by molar-refractivity contribution is 6.30. The number of aliphatic hydroxyl groups excluding tert-OH is 1. The van der Waals surface area contributed by atoms with Gasteiger partial charge in [0.25, 0.3) is 0 Å². The summed E-state index contributed by atoms with van der Waals surface area (Å²) in [6.45, 7) is 6.57. The fraction of sp³-hybridized carbons (Fsp3) is 0.800. The maximum absolute atomic E-state index is 8.86. The van der Waals surface area contributed by atoms with Crippen molar-refractivity contribution in [2.75, 3.05) is 19.7 Å². The highest BCUT2D eigenvalue weighted by Crippen LogP contribution is 2.22. The summed E-state index contributed by atoms with van der Waals surface area (Å²) in [7, 11) is 0. The summed E-state index contributed by atoms with van der Waals surface area (Å²) in [4.78, 5) is 2.44. The van der Waals surface area contributed by atoms with E-state index in [1.54, 1.807) is 0 Å². The van der Waals surface area contributed by atoms with Gasteiger partial charge in [0.15, 0.2) is 0 Å². The maximum atomic E-state index is 8.86. The molecule has 76 valence electrons. The zero-order valence-corrected chi connectivity index (χ0v) is 9.14. The average molecular weight is 204 g/mol. The number of nitrogens with zero attached hydrogens (tertiary/aromatic N) is 1. The van der Waals surface area contributed by atoms with Crippen LogP contribution in [0.5, 0.6) is 0 Å². The Morgan fingerprint density at radius 3 is 2.38 bits per heavy atom. The zero-order chi connectivity index (χ0) is 9.84. The molecule has 0 aromatic carbocycles. The summed E-state index contributed by atoms with van der Waals surface area (Å²) in [6.07, 6.45) is 2.02. The molecule has 1 aliphatic heterocycles. The first-order valence-electron chi connectivity index (χ1n) is 4.86. The Balaban J connectivity index is 2.48. The smallest absolute Gasteiger partial charge is 0.0787 e. The van der Waals surface area contributed by atoms with E-state index >= 15 is 0 Å². The minimum Gasteiger partial charge on any atom is -0.391 e. The Morgan fingerprint density at radius 2 is 2.00 bits per heavy atom. The Labute approximate surface area is 85.2 Å². The molecular weight excluding hydrogens is 186 g/mol. The van der Waals surface area contributed by atoms with Crippen LogP contribution < -0.4 is 0 Å². The molecule has 1 heterocycles. The maximum Gasteiger partial charge on any atom is 0.0787 e. The molecule has 0 radical (unpaired) electrons. The molecule has 0 aliphatic carbocycles. The topological polar surface area (TPSA) is 23.5 Å². The molecule has 1 aliphatic rings. The molecule has 1 N–H and O–H groups in total. The summed E-state index contributed by atoms with van der Waals surface area (Å²) in [5.41, 5.74) is 1.24. The SMILES string of the molecule is CC(C)N1CCC(=C(Cl)CO)CC1. The van der Waals surface area contributed by atoms with Gasteiger partial charge in [-0.3, -0.25) is 0 Å². The Kier molecular flexibility index (Phi) is 4.23. The van der Waals surface area contributed by atoms with Crippen LogP contribution in [0.2, 0.25) is 0 Å². The molecule has 13 heavy (non-hydrogen) atoms. The minimum absolute atomic E-state index is 0.00142. The lowest BCUT2D eigenvalue weighted by Crippen LogP contribution is -2.36. The third kappa shape index (κ3) is 2.97. The van der Waals surface area contributed by atoms with Crippen molar-refractivity contribution < 1.29 is 5.11 Å². The van der Waals surface area contributed by atoms with Gasteiger partial charge >= 0.3 is 0 Å². The van der Waals surface area contributed by atoms with Crippen molar-refractivity contribution in [3.8, 4) is 0 Å². The molecule has 1 fully saturated rings. The Bertz CT molecular complexity index is 191. The van der Waals surface area contributed by atoms with Crippen molar-refractivity contribution in [2.24, 2.45) is 0 Å². The molecule has 3 heteroatoms. The van der Waals surface area contributed by atoms with Crippen molar-refractivity contribution in [1.29, 1.82) is 0 Å². The fourth-order valence-corrected chi connectivity index (χ4v) is 1.88. The predicted molar refractivity (Wildman–Crippen MR) is 55.9 cm³/mol. The molecule has 0 unspecified atom stereocenters. The number of hydrogen-bond donors (Lipinski definition) is 1. The summed E-state index contributed by atoms with van der Waals surface area (Å²) < 4.78 is 0. The molecule has 0 amide bonds. The van der Waals surface area contributed by atoms with Gasteiger partial charge in [0, 0.05) is 24.2 Å². The number of halogens is 1. The lowest BCUT2D eigenvalue weighted by Gasteiger charge is -2.31. The molecule has 0 aromatic rings. The molecule has 0 spiro atoms. The highest BCUT2D eigenvalue weighted by Gasteiger charge is 2.17. The summed E-state index contributed by atoms with van der Waals surface area (Å²) in [5.74, 6) is 0. The van der Waals surface area contributed by atoms with Gasteiger partial charge in [-0.15, -0.1) is 0 Å². The van der Waals surface area contributed by atoms with Gasteiger partial charge < -0.3 is 10.0 Å². The second kappa shape index (κ2) is 4.99. The van der Waals surface area contributed by atoms with Gasteiger partial charge in [-0.1, -0.05) is 17.2 Å². The second-order valence-corrected chi connectivity index (χ2v) is 4.25. The van der Waals surface area contributed by atoms with Gasteiger partial charge in [0.05, 0.1) is 6.61 Å². The first-order chi connectivity index (χ1) is 6.15. The van der Waals surface area contributed by atoms with E-state index in [0.717, 1.165) is 25.9 Å². The Hall–Kier alpha value is -0.0500. The first kappa shape index (κ1) is 11.0. The molecule has 1 saturated heterocycles. The van der Waals surface area contributed by atoms with E-state index in [-0.39, 0.29) is 6.61 Å². The van der Waals surface area contributed by atoms with Gasteiger partial charge in [-0.05, 0) is 26.7 Å². The standard InChI is InChI=1S/C10H18ClNO/c1-8(2)12-5-3-9(4-6-12)10(11)7-13/h8,13H,3-7H2,1-2H3. The van der Waals surface area contributed by atoms with Gasteiger partial charge in [0.2, 0.25) is 0 Å². The van der Waals surface area contributed by atoms with E-state index in [2.05, 4.69) is 18.7 Å². The van der Waals surface area contributed by atoms with Gasteiger partial charge in [-0.25, -0.2) is 0 Å². The Morgan fingerprint density at radius 1 is 1.46 bits per heavy atom. The quantitative estimate of drug-likeness (QED) is 0.742. The number of rotatable bonds is 2. The highest BCUT2D eigenvalue weighted by atomic mass is 35.5. The summed E-state index contributed by atoms with van der Waals surface area (Å²) in [6, 6.07) is 0.620. The van der Waals surface area contributed by atoms with Gasteiger partial charge in [-0.2, -0.15) is 0 Å². The van der Waals surface area contributed by atoms with Crippen LogP contribution in [0, 0.1) is 0 Å². The normalized spacial score (nSPS) is 19.6. The number of hydrogen-bond acceptors (Lipinski definition) is 2. The molecule has 0 bridgehead atoms. The van der Waals surface area contributed by atoms with E-state index in [9.17, 15) is 0 Å². The van der Waals surface area contributed by atoms with Crippen molar-refractivity contribution in [3.63, 3.8) is 0 Å². The van der Waals surface area contributed by atoms with E-state index < -0.39 is 0 Å². The van der Waals surface area contributed by atoms with Gasteiger partial charge in [0.1, 0.15) is 0 Å². The third-order valence-corrected chi connectivity index (χ3v) is 3.04. The number of aliphatic hydroxyl groups is 1. The first-order valence-corrected chi connectivity index (χ1v) is 5.24. The molecular formula is C10H18ClNO. The van der Waals surface area contributed by atoms with Crippen LogP contribution in [0.25, 0.3) is 0 Å². The molecule has 0 saturated carbocycles. The predicted octanol–water partition coefficient (Wildman–Crippen LogP) is 1.98. The van der Waals surface area contributed by atoms with Crippen molar-refractivity contribution in [2.45, 2.75) is 32.7 Å². The largest absolute Gasteiger partial charge is 0.391 e. The summed E-state index contributed by atoms with van der Waals surface area (Å²) in [5, 5.41) is 9.51. The zero-order valence-electron chi connectivity index (χ0n) is 8.39. The molecule has 0 aromatic heterocycles. The van der Waals surface area contributed by atoms with E-state index in [4.69, 9.17) is 16.7 Å². The number of piperidine rings is 1. The van der Waals surface area contributed by atoms with E-state index in [0.29, 0.717) is 11.1 Å². The van der Waals surface area contributed by atoms with Crippen LogP contribution in [0.4, 0.5) is 0 Å². The fourth-order valence-electron chi connectivity index (χ4n) is 1.69. The average Bonchev–Trinajstić information content (AvgIpc) is 2.17. The summed E-state index contributed by atoms with van der Waals surface area (Å²) >= 11 is 5.88. The number of likely N-dealkylation sites (tertiary alicyclic amines) is 1. The lowest BCUT2D eigenvalue weighted by atomic mass is 10.0. The second-order valence-electron chi connectivity index (χ2n) is 3.80. The van der Waals surface area contributed by atoms with E-state index in [1.165, 1.54) is 5.57 Å². The van der Waals surface area contributed by atoms with Crippen LogP contribution in [-0.2, 0) is 0 Å².